The molecule has 0 radical (unpaired) electrons. The molecule has 1 unspecified atom stereocenters. The quantitative estimate of drug-likeness (QED) is 0.805. The molecule has 2 aromatic rings. The van der Waals surface area contributed by atoms with E-state index in [9.17, 15) is 9.59 Å². The molecule has 0 saturated heterocycles. The number of benzene rings is 1. The Kier molecular flexibility index (Phi) is 4.69. The Morgan fingerprint density at radius 1 is 1.27 bits per heavy atom. The van der Waals surface area contributed by atoms with E-state index < -0.39 is 5.41 Å². The number of rotatable bonds is 6. The van der Waals surface area contributed by atoms with Crippen molar-refractivity contribution in [3.05, 3.63) is 36.0 Å². The number of aromatic amines is 1. The summed E-state index contributed by atoms with van der Waals surface area (Å²) < 4.78 is 0. The molecule has 1 aromatic carbocycles. The molecule has 0 aliphatic rings. The number of hydrogen-bond acceptors (Lipinski definition) is 2. The summed E-state index contributed by atoms with van der Waals surface area (Å²) in [7, 11) is 0. The van der Waals surface area contributed by atoms with Gasteiger partial charge in [-0.25, -0.2) is 0 Å². The number of ketones is 1. The summed E-state index contributed by atoms with van der Waals surface area (Å²) in [6, 6.07) is 8.20. The maximum atomic E-state index is 12.1. The van der Waals surface area contributed by atoms with Crippen LogP contribution < -0.4 is 5.32 Å². The van der Waals surface area contributed by atoms with E-state index in [1.165, 1.54) is 17.9 Å². The molecule has 4 nitrogen and oxygen atoms in total. The summed E-state index contributed by atoms with van der Waals surface area (Å²) in [4.78, 5) is 26.8. The van der Waals surface area contributed by atoms with E-state index in [2.05, 4.69) is 29.4 Å². The van der Waals surface area contributed by atoms with Gasteiger partial charge in [-0.15, -0.1) is 0 Å². The Morgan fingerprint density at radius 2 is 1.95 bits per heavy atom. The molecule has 2 rings (SSSR count). The molecule has 0 bridgehead atoms. The van der Waals surface area contributed by atoms with E-state index in [0.29, 0.717) is 12.5 Å². The summed E-state index contributed by atoms with van der Waals surface area (Å²) in [6.07, 6.45) is 2.91. The first-order valence-electron chi connectivity index (χ1n) is 7.66. The second kappa shape index (κ2) is 6.34. The molecule has 0 aliphatic carbocycles. The highest BCUT2D eigenvalue weighted by Gasteiger charge is 2.32. The van der Waals surface area contributed by atoms with Gasteiger partial charge in [0.2, 0.25) is 5.91 Å². The van der Waals surface area contributed by atoms with Gasteiger partial charge in [0, 0.05) is 23.6 Å². The lowest BCUT2D eigenvalue weighted by atomic mass is 9.87. The number of nitrogens with one attached hydrogen (secondary N) is 2. The number of carbonyl (C=O) groups is 2. The SMILES string of the molecule is CC(=O)C(C)(C)C(=O)NCC(C)Cc1c[nH]c2ccccc12. The minimum Gasteiger partial charge on any atom is -0.361 e. The third-order valence-corrected chi connectivity index (χ3v) is 4.30. The number of Topliss-reactive ketones (excluding diaryl/α,β-unsaturated/α-hetero) is 1. The predicted octanol–water partition coefficient (Wildman–Crippen LogP) is 3.08. The molecule has 2 N–H and O–H groups in total. The first-order valence-corrected chi connectivity index (χ1v) is 7.66. The van der Waals surface area contributed by atoms with Crippen molar-refractivity contribution in [3.63, 3.8) is 0 Å². The maximum absolute atomic E-state index is 12.1. The summed E-state index contributed by atoms with van der Waals surface area (Å²) in [6.45, 7) is 7.44. The van der Waals surface area contributed by atoms with E-state index in [1.807, 2.05) is 18.3 Å². The standard InChI is InChI=1S/C18H24N2O2/c1-12(10-20-17(22)18(3,4)13(2)21)9-14-11-19-16-8-6-5-7-15(14)16/h5-8,11-12,19H,9-10H2,1-4H3,(H,20,22). The third kappa shape index (κ3) is 3.38. The molecule has 0 aliphatic heterocycles. The lowest BCUT2D eigenvalue weighted by molar-refractivity contribution is -0.138. The number of amides is 1. The van der Waals surface area contributed by atoms with Gasteiger partial charge >= 0.3 is 0 Å². The lowest BCUT2D eigenvalue weighted by Crippen LogP contribution is -2.43. The van der Waals surface area contributed by atoms with Crippen molar-refractivity contribution in [1.29, 1.82) is 0 Å². The van der Waals surface area contributed by atoms with Gasteiger partial charge < -0.3 is 10.3 Å². The second-order valence-electron chi connectivity index (χ2n) is 6.56. The van der Waals surface area contributed by atoms with Crippen molar-refractivity contribution in [2.24, 2.45) is 11.3 Å². The summed E-state index contributed by atoms with van der Waals surface area (Å²) in [5, 5.41) is 4.12. The van der Waals surface area contributed by atoms with Gasteiger partial charge in [0.1, 0.15) is 11.2 Å². The van der Waals surface area contributed by atoms with Crippen LogP contribution in [0.2, 0.25) is 0 Å². The zero-order valence-electron chi connectivity index (χ0n) is 13.7. The maximum Gasteiger partial charge on any atom is 0.233 e. The molecule has 4 heteroatoms. The summed E-state index contributed by atoms with van der Waals surface area (Å²) in [5.74, 6) is -0.0222. The van der Waals surface area contributed by atoms with Crippen molar-refractivity contribution < 1.29 is 9.59 Å². The lowest BCUT2D eigenvalue weighted by Gasteiger charge is -2.21. The molecule has 0 fully saturated rings. The van der Waals surface area contributed by atoms with Crippen LogP contribution in [0.5, 0.6) is 0 Å². The molecule has 0 saturated carbocycles. The Labute approximate surface area is 131 Å². The Balaban J connectivity index is 1.95. The van der Waals surface area contributed by atoms with Crippen molar-refractivity contribution in [2.45, 2.75) is 34.1 Å². The average Bonchev–Trinajstić information content (AvgIpc) is 2.88. The van der Waals surface area contributed by atoms with Gasteiger partial charge in [-0.3, -0.25) is 9.59 Å². The molecular formula is C18H24N2O2. The minimum absolute atomic E-state index is 0.116. The fourth-order valence-corrected chi connectivity index (χ4v) is 2.40. The summed E-state index contributed by atoms with van der Waals surface area (Å²) in [5.41, 5.74) is 1.43. The van der Waals surface area contributed by atoms with Crippen LogP contribution in [0, 0.1) is 11.3 Å². The monoisotopic (exact) mass is 300 g/mol. The first-order chi connectivity index (χ1) is 10.3. The first kappa shape index (κ1) is 16.3. The van der Waals surface area contributed by atoms with Gasteiger partial charge in [0.25, 0.3) is 0 Å². The number of hydrogen-bond donors (Lipinski definition) is 2. The van der Waals surface area contributed by atoms with Crippen LogP contribution in [0.1, 0.15) is 33.3 Å². The summed E-state index contributed by atoms with van der Waals surface area (Å²) >= 11 is 0. The highest BCUT2D eigenvalue weighted by molar-refractivity contribution is 6.04. The molecule has 1 aromatic heterocycles. The van der Waals surface area contributed by atoms with Crippen LogP contribution in [-0.4, -0.2) is 23.2 Å². The van der Waals surface area contributed by atoms with E-state index in [1.54, 1.807) is 13.8 Å². The molecule has 0 spiro atoms. The number of aromatic nitrogens is 1. The molecule has 118 valence electrons. The predicted molar refractivity (Wildman–Crippen MR) is 88.6 cm³/mol. The molecule has 1 heterocycles. The molecule has 1 atom stereocenters. The van der Waals surface area contributed by atoms with Gasteiger partial charge in [-0.05, 0) is 44.7 Å². The van der Waals surface area contributed by atoms with E-state index >= 15 is 0 Å². The van der Waals surface area contributed by atoms with Crippen molar-refractivity contribution in [3.8, 4) is 0 Å². The fourth-order valence-electron chi connectivity index (χ4n) is 2.40. The second-order valence-corrected chi connectivity index (χ2v) is 6.56. The normalized spacial score (nSPS) is 13.1. The van der Waals surface area contributed by atoms with Crippen LogP contribution in [0.15, 0.2) is 30.5 Å². The Hall–Kier alpha value is -2.10. The van der Waals surface area contributed by atoms with Crippen LogP contribution >= 0.6 is 0 Å². The zero-order valence-corrected chi connectivity index (χ0v) is 13.7. The number of fused-ring (bicyclic) bond motifs is 1. The number of H-pyrrole nitrogens is 1. The molecule has 22 heavy (non-hydrogen) atoms. The molecule has 1 amide bonds. The zero-order chi connectivity index (χ0) is 16.3. The Morgan fingerprint density at radius 3 is 2.64 bits per heavy atom. The van der Waals surface area contributed by atoms with Gasteiger partial charge in [0.05, 0.1) is 0 Å². The highest BCUT2D eigenvalue weighted by Crippen LogP contribution is 2.21. The van der Waals surface area contributed by atoms with Gasteiger partial charge in [-0.2, -0.15) is 0 Å². The van der Waals surface area contributed by atoms with Crippen LogP contribution in [-0.2, 0) is 16.0 Å². The minimum atomic E-state index is -0.958. The smallest absolute Gasteiger partial charge is 0.233 e. The largest absolute Gasteiger partial charge is 0.361 e. The molecular weight excluding hydrogens is 276 g/mol. The van der Waals surface area contributed by atoms with Crippen LogP contribution in [0.3, 0.4) is 0 Å². The third-order valence-electron chi connectivity index (χ3n) is 4.30. The number of para-hydroxylation sites is 1. The topological polar surface area (TPSA) is 62.0 Å². The van der Waals surface area contributed by atoms with E-state index in [-0.39, 0.29) is 11.7 Å². The van der Waals surface area contributed by atoms with E-state index in [4.69, 9.17) is 0 Å². The van der Waals surface area contributed by atoms with Crippen LogP contribution in [0.25, 0.3) is 10.9 Å². The average molecular weight is 300 g/mol. The van der Waals surface area contributed by atoms with Crippen molar-refractivity contribution >= 4 is 22.6 Å². The van der Waals surface area contributed by atoms with Crippen molar-refractivity contribution in [2.75, 3.05) is 6.54 Å². The van der Waals surface area contributed by atoms with Gasteiger partial charge in [0.15, 0.2) is 0 Å². The van der Waals surface area contributed by atoms with Gasteiger partial charge in [-0.1, -0.05) is 25.1 Å². The highest BCUT2D eigenvalue weighted by atomic mass is 16.2. The fraction of sp³-hybridized carbons (Fsp3) is 0.444. The van der Waals surface area contributed by atoms with E-state index in [0.717, 1.165) is 11.9 Å². The van der Waals surface area contributed by atoms with Crippen molar-refractivity contribution in [1.82, 2.24) is 10.3 Å². The Bertz CT molecular complexity index is 685. The number of carbonyl (C=O) groups excluding carboxylic acids is 2. The van der Waals surface area contributed by atoms with Crippen LogP contribution in [0.4, 0.5) is 0 Å².